The van der Waals surface area contributed by atoms with Gasteiger partial charge in [0, 0.05) is 6.20 Å². The Balaban J connectivity index is 3.06. The molecule has 0 saturated heterocycles. The maximum absolute atomic E-state index is 12.3. The molecule has 0 aliphatic heterocycles. The fourth-order valence-corrected chi connectivity index (χ4v) is 0.957. The second-order valence-corrected chi connectivity index (χ2v) is 3.10. The van der Waals surface area contributed by atoms with E-state index in [1.54, 1.807) is 0 Å². The summed E-state index contributed by atoms with van der Waals surface area (Å²) in [6.07, 6.45) is -4.15. The number of primary amides is 1. The van der Waals surface area contributed by atoms with Crippen LogP contribution in [0.2, 0.25) is 0 Å². The summed E-state index contributed by atoms with van der Waals surface area (Å²) < 4.78 is 37.0. The largest absolute Gasteiger partial charge is 0.417 e. The van der Waals surface area contributed by atoms with Crippen molar-refractivity contribution in [3.8, 4) is 11.8 Å². The number of amides is 1. The van der Waals surface area contributed by atoms with E-state index in [1.807, 2.05) is 0 Å². The highest BCUT2D eigenvalue weighted by Gasteiger charge is 2.31. The van der Waals surface area contributed by atoms with E-state index in [0.717, 1.165) is 6.07 Å². The number of carbonyl (C=O) groups is 1. The molecular weight excluding hydrogens is 235 g/mol. The Kier molecular flexibility index (Phi) is 3.58. The molecule has 1 rings (SSSR count). The molecule has 0 aliphatic rings. The number of nitrogens with zero attached hydrogens (tertiary/aromatic N) is 1. The molecule has 90 valence electrons. The monoisotopic (exact) mass is 243 g/mol. The first kappa shape index (κ1) is 12.8. The summed E-state index contributed by atoms with van der Waals surface area (Å²) in [6, 6.07) is 0.774. The van der Waals surface area contributed by atoms with E-state index >= 15 is 0 Å². The van der Waals surface area contributed by atoms with E-state index in [1.165, 1.54) is 0 Å². The summed E-state index contributed by atoms with van der Waals surface area (Å²) in [5, 5.41) is 0. The van der Waals surface area contributed by atoms with E-state index < -0.39 is 17.6 Å². The molecule has 1 heterocycles. The summed E-state index contributed by atoms with van der Waals surface area (Å²) in [5.41, 5.74) is 9.15. The second kappa shape index (κ2) is 4.74. The lowest BCUT2D eigenvalue weighted by Crippen LogP contribution is -2.09. The molecule has 7 heteroatoms. The van der Waals surface area contributed by atoms with Crippen molar-refractivity contribution < 1.29 is 18.0 Å². The number of nitrogen functional groups attached to an aromatic ring is 1. The second-order valence-electron chi connectivity index (χ2n) is 3.10. The number of halogens is 3. The highest BCUT2D eigenvalue weighted by atomic mass is 19.4. The molecule has 0 unspecified atom stereocenters. The van der Waals surface area contributed by atoms with Crippen LogP contribution >= 0.6 is 0 Å². The predicted molar refractivity (Wildman–Crippen MR) is 54.3 cm³/mol. The quantitative estimate of drug-likeness (QED) is 0.719. The Labute approximate surface area is 94.8 Å². The molecule has 0 bridgehead atoms. The standard InChI is InChI=1S/C10H8F3N3O/c11-10(12,13)7-4-6(9(15)16-5-7)2-1-3-8(14)17/h4-5H,3H2,(H2,14,17)(H2,15,16). The molecule has 0 aromatic carbocycles. The molecule has 17 heavy (non-hydrogen) atoms. The van der Waals surface area contributed by atoms with Gasteiger partial charge in [-0.1, -0.05) is 11.8 Å². The minimum atomic E-state index is -4.51. The first-order chi connectivity index (χ1) is 7.80. The van der Waals surface area contributed by atoms with Crippen molar-refractivity contribution in [1.29, 1.82) is 0 Å². The molecule has 0 fully saturated rings. The van der Waals surface area contributed by atoms with Gasteiger partial charge in [-0.15, -0.1) is 0 Å². The number of hydrogen-bond donors (Lipinski definition) is 2. The van der Waals surface area contributed by atoms with Gasteiger partial charge in [0.25, 0.3) is 0 Å². The van der Waals surface area contributed by atoms with Crippen LogP contribution in [0.4, 0.5) is 19.0 Å². The third-order valence-corrected chi connectivity index (χ3v) is 1.73. The predicted octanol–water partition coefficient (Wildman–Crippen LogP) is 0.910. The highest BCUT2D eigenvalue weighted by Crippen LogP contribution is 2.29. The van der Waals surface area contributed by atoms with Crippen molar-refractivity contribution in [2.75, 3.05) is 5.73 Å². The Morgan fingerprint density at radius 1 is 1.47 bits per heavy atom. The van der Waals surface area contributed by atoms with Crippen LogP contribution in [0.25, 0.3) is 0 Å². The lowest BCUT2D eigenvalue weighted by Gasteiger charge is -2.06. The number of pyridine rings is 1. The SMILES string of the molecule is NC(=O)CC#Cc1cc(C(F)(F)F)cnc1N. The fourth-order valence-electron chi connectivity index (χ4n) is 0.957. The van der Waals surface area contributed by atoms with Gasteiger partial charge < -0.3 is 11.5 Å². The maximum Gasteiger partial charge on any atom is 0.417 e. The van der Waals surface area contributed by atoms with E-state index in [0.29, 0.717) is 6.20 Å². The Hall–Kier alpha value is -2.23. The molecule has 0 atom stereocenters. The van der Waals surface area contributed by atoms with Gasteiger partial charge >= 0.3 is 6.18 Å². The molecule has 4 N–H and O–H groups in total. The molecule has 0 aliphatic carbocycles. The van der Waals surface area contributed by atoms with Crippen LogP contribution in [0.15, 0.2) is 12.3 Å². The average molecular weight is 243 g/mol. The zero-order valence-electron chi connectivity index (χ0n) is 8.51. The highest BCUT2D eigenvalue weighted by molar-refractivity contribution is 5.76. The van der Waals surface area contributed by atoms with Crippen molar-refractivity contribution in [2.45, 2.75) is 12.6 Å². The van der Waals surface area contributed by atoms with Gasteiger partial charge in [-0.25, -0.2) is 4.98 Å². The van der Waals surface area contributed by atoms with Gasteiger partial charge in [0.1, 0.15) is 5.82 Å². The minimum Gasteiger partial charge on any atom is -0.383 e. The fraction of sp³-hybridized carbons (Fsp3) is 0.200. The number of nitrogens with two attached hydrogens (primary N) is 2. The van der Waals surface area contributed by atoms with Gasteiger partial charge in [-0.2, -0.15) is 13.2 Å². The van der Waals surface area contributed by atoms with E-state index in [4.69, 9.17) is 11.5 Å². The van der Waals surface area contributed by atoms with Crippen molar-refractivity contribution in [2.24, 2.45) is 5.73 Å². The van der Waals surface area contributed by atoms with Crippen LogP contribution in [-0.2, 0) is 11.0 Å². The number of carbonyl (C=O) groups excluding carboxylic acids is 1. The smallest absolute Gasteiger partial charge is 0.383 e. The first-order valence-corrected chi connectivity index (χ1v) is 4.40. The lowest BCUT2D eigenvalue weighted by molar-refractivity contribution is -0.137. The normalized spacial score (nSPS) is 10.5. The van der Waals surface area contributed by atoms with Gasteiger partial charge in [-0.3, -0.25) is 4.79 Å². The lowest BCUT2D eigenvalue weighted by atomic mass is 10.2. The molecular formula is C10H8F3N3O. The van der Waals surface area contributed by atoms with Crippen molar-refractivity contribution in [3.05, 3.63) is 23.4 Å². The number of rotatable bonds is 1. The van der Waals surface area contributed by atoms with Crippen LogP contribution in [-0.4, -0.2) is 10.9 Å². The topological polar surface area (TPSA) is 82.0 Å². The minimum absolute atomic E-state index is 0.0823. The van der Waals surface area contributed by atoms with Crippen LogP contribution in [0, 0.1) is 11.8 Å². The van der Waals surface area contributed by atoms with Crippen LogP contribution in [0.1, 0.15) is 17.5 Å². The first-order valence-electron chi connectivity index (χ1n) is 4.40. The third kappa shape index (κ3) is 3.68. The average Bonchev–Trinajstić information content (AvgIpc) is 2.18. The van der Waals surface area contributed by atoms with Crippen molar-refractivity contribution in [1.82, 2.24) is 4.98 Å². The van der Waals surface area contributed by atoms with E-state index in [2.05, 4.69) is 16.8 Å². The van der Waals surface area contributed by atoms with Crippen LogP contribution < -0.4 is 11.5 Å². The van der Waals surface area contributed by atoms with E-state index in [9.17, 15) is 18.0 Å². The Morgan fingerprint density at radius 2 is 2.12 bits per heavy atom. The summed E-state index contributed by atoms with van der Waals surface area (Å²) in [4.78, 5) is 13.8. The van der Waals surface area contributed by atoms with Gasteiger partial charge in [-0.05, 0) is 6.07 Å². The molecule has 1 aromatic heterocycles. The summed E-state index contributed by atoms with van der Waals surface area (Å²) >= 11 is 0. The van der Waals surface area contributed by atoms with Gasteiger partial charge in [0.2, 0.25) is 5.91 Å². The molecule has 0 spiro atoms. The van der Waals surface area contributed by atoms with Crippen LogP contribution in [0.3, 0.4) is 0 Å². The number of alkyl halides is 3. The Morgan fingerprint density at radius 3 is 2.65 bits per heavy atom. The van der Waals surface area contributed by atoms with Gasteiger partial charge in [0.15, 0.2) is 0 Å². The van der Waals surface area contributed by atoms with Crippen molar-refractivity contribution >= 4 is 11.7 Å². The number of hydrogen-bond acceptors (Lipinski definition) is 3. The zero-order valence-corrected chi connectivity index (χ0v) is 8.51. The number of anilines is 1. The molecule has 1 aromatic rings. The third-order valence-electron chi connectivity index (χ3n) is 1.73. The van der Waals surface area contributed by atoms with E-state index in [-0.39, 0.29) is 17.8 Å². The molecule has 0 saturated carbocycles. The van der Waals surface area contributed by atoms with Crippen LogP contribution in [0.5, 0.6) is 0 Å². The molecule has 4 nitrogen and oxygen atoms in total. The summed E-state index contributed by atoms with van der Waals surface area (Å²) in [6.45, 7) is 0. The Bertz CT molecular complexity index is 500. The maximum atomic E-state index is 12.3. The summed E-state index contributed by atoms with van der Waals surface area (Å²) in [7, 11) is 0. The molecule has 0 radical (unpaired) electrons. The van der Waals surface area contributed by atoms with Crippen molar-refractivity contribution in [3.63, 3.8) is 0 Å². The number of aromatic nitrogens is 1. The molecule has 1 amide bonds. The van der Waals surface area contributed by atoms with Gasteiger partial charge in [0.05, 0.1) is 17.5 Å². The summed E-state index contributed by atoms with van der Waals surface area (Å²) in [5.74, 6) is 3.83. The zero-order chi connectivity index (χ0) is 13.1.